The SMILES string of the molecule is Cc1ccc(N2CCN(C(=O)NCc3ccc(Cl)cc3Cl)CC2C)cc1. The van der Waals surface area contributed by atoms with Crippen molar-refractivity contribution >= 4 is 34.9 Å². The summed E-state index contributed by atoms with van der Waals surface area (Å²) in [6.07, 6.45) is 0. The summed E-state index contributed by atoms with van der Waals surface area (Å²) in [5.74, 6) is 0. The molecule has 0 radical (unpaired) electrons. The average molecular weight is 392 g/mol. The van der Waals surface area contributed by atoms with Gasteiger partial charge in [-0.3, -0.25) is 0 Å². The number of carbonyl (C=O) groups is 1. The van der Waals surface area contributed by atoms with Crippen LogP contribution in [0.5, 0.6) is 0 Å². The molecule has 0 aromatic heterocycles. The highest BCUT2D eigenvalue weighted by Gasteiger charge is 2.26. The number of nitrogens with zero attached hydrogens (tertiary/aromatic N) is 2. The highest BCUT2D eigenvalue weighted by Crippen LogP contribution is 2.22. The van der Waals surface area contributed by atoms with Crippen molar-refractivity contribution in [3.63, 3.8) is 0 Å². The Balaban J connectivity index is 1.56. The molecule has 1 N–H and O–H groups in total. The molecule has 26 heavy (non-hydrogen) atoms. The van der Waals surface area contributed by atoms with Crippen molar-refractivity contribution in [1.82, 2.24) is 10.2 Å². The molecular weight excluding hydrogens is 369 g/mol. The molecule has 1 fully saturated rings. The van der Waals surface area contributed by atoms with Crippen molar-refractivity contribution in [3.05, 3.63) is 63.6 Å². The third-order valence-corrected chi connectivity index (χ3v) is 5.31. The van der Waals surface area contributed by atoms with Gasteiger partial charge in [0.1, 0.15) is 0 Å². The predicted molar refractivity (Wildman–Crippen MR) is 108 cm³/mol. The fourth-order valence-corrected chi connectivity index (χ4v) is 3.68. The minimum absolute atomic E-state index is 0.0635. The lowest BCUT2D eigenvalue weighted by atomic mass is 10.1. The lowest BCUT2D eigenvalue weighted by molar-refractivity contribution is 0.186. The third-order valence-electron chi connectivity index (χ3n) is 4.73. The van der Waals surface area contributed by atoms with Crippen LogP contribution in [0.25, 0.3) is 0 Å². The van der Waals surface area contributed by atoms with E-state index in [1.807, 2.05) is 11.0 Å². The van der Waals surface area contributed by atoms with Gasteiger partial charge in [-0.05, 0) is 43.7 Å². The quantitative estimate of drug-likeness (QED) is 0.820. The second-order valence-corrected chi connectivity index (χ2v) is 7.56. The van der Waals surface area contributed by atoms with Gasteiger partial charge in [0, 0.05) is 48.0 Å². The summed E-state index contributed by atoms with van der Waals surface area (Å²) in [4.78, 5) is 16.7. The number of piperazine rings is 1. The predicted octanol–water partition coefficient (Wildman–Crippen LogP) is 4.72. The molecule has 3 rings (SSSR count). The van der Waals surface area contributed by atoms with Crippen molar-refractivity contribution < 1.29 is 4.79 Å². The molecule has 1 saturated heterocycles. The molecule has 0 saturated carbocycles. The fraction of sp³-hybridized carbons (Fsp3) is 0.350. The maximum absolute atomic E-state index is 12.5. The Morgan fingerprint density at radius 1 is 1.15 bits per heavy atom. The molecule has 0 spiro atoms. The van der Waals surface area contributed by atoms with Crippen molar-refractivity contribution in [2.45, 2.75) is 26.4 Å². The normalized spacial score (nSPS) is 17.3. The molecule has 4 nitrogen and oxygen atoms in total. The van der Waals surface area contributed by atoms with Gasteiger partial charge in [-0.2, -0.15) is 0 Å². The summed E-state index contributed by atoms with van der Waals surface area (Å²) in [6, 6.07) is 14.0. The van der Waals surface area contributed by atoms with E-state index in [2.05, 4.69) is 48.3 Å². The maximum Gasteiger partial charge on any atom is 0.317 e. The van der Waals surface area contributed by atoms with E-state index < -0.39 is 0 Å². The Labute approximate surface area is 164 Å². The Kier molecular flexibility index (Phi) is 5.94. The molecular formula is C20H23Cl2N3O. The van der Waals surface area contributed by atoms with Crippen LogP contribution in [0.4, 0.5) is 10.5 Å². The molecule has 2 aromatic rings. The van der Waals surface area contributed by atoms with Gasteiger partial charge >= 0.3 is 6.03 Å². The number of hydrogen-bond acceptors (Lipinski definition) is 2. The highest BCUT2D eigenvalue weighted by atomic mass is 35.5. The molecule has 6 heteroatoms. The van der Waals surface area contributed by atoms with Crippen LogP contribution in [-0.4, -0.2) is 36.6 Å². The van der Waals surface area contributed by atoms with Gasteiger partial charge in [-0.1, -0.05) is 47.0 Å². The number of hydrogen-bond donors (Lipinski definition) is 1. The number of anilines is 1. The number of rotatable bonds is 3. The summed E-state index contributed by atoms with van der Waals surface area (Å²) in [5.41, 5.74) is 3.31. The van der Waals surface area contributed by atoms with Crippen molar-refractivity contribution in [2.75, 3.05) is 24.5 Å². The molecule has 1 aliphatic heterocycles. The molecule has 2 aromatic carbocycles. The van der Waals surface area contributed by atoms with Gasteiger partial charge in [-0.25, -0.2) is 4.79 Å². The Bertz CT molecular complexity index is 779. The first-order chi connectivity index (χ1) is 12.4. The van der Waals surface area contributed by atoms with E-state index in [4.69, 9.17) is 23.2 Å². The lowest BCUT2D eigenvalue weighted by Crippen LogP contribution is -2.55. The largest absolute Gasteiger partial charge is 0.365 e. The van der Waals surface area contributed by atoms with E-state index in [0.29, 0.717) is 29.7 Å². The van der Waals surface area contributed by atoms with Crippen LogP contribution < -0.4 is 10.2 Å². The number of amides is 2. The number of nitrogens with one attached hydrogen (secondary N) is 1. The van der Waals surface area contributed by atoms with Gasteiger partial charge < -0.3 is 15.1 Å². The fourth-order valence-electron chi connectivity index (χ4n) is 3.21. The standard InChI is InChI=1S/C20H23Cl2N3O/c1-14-3-7-18(8-4-14)25-10-9-24(13-15(25)2)20(26)23-12-16-5-6-17(21)11-19(16)22/h3-8,11,15H,9-10,12-13H2,1-2H3,(H,23,26). The van der Waals surface area contributed by atoms with Gasteiger partial charge in [-0.15, -0.1) is 0 Å². The lowest BCUT2D eigenvalue weighted by Gasteiger charge is -2.41. The third kappa shape index (κ3) is 4.43. The molecule has 1 atom stereocenters. The van der Waals surface area contributed by atoms with Crippen LogP contribution in [0.15, 0.2) is 42.5 Å². The molecule has 1 heterocycles. The molecule has 2 amide bonds. The smallest absolute Gasteiger partial charge is 0.317 e. The summed E-state index contributed by atoms with van der Waals surface area (Å²) in [5, 5.41) is 4.11. The van der Waals surface area contributed by atoms with Crippen LogP contribution in [0.2, 0.25) is 10.0 Å². The van der Waals surface area contributed by atoms with Crippen LogP contribution >= 0.6 is 23.2 Å². The average Bonchev–Trinajstić information content (AvgIpc) is 2.61. The first-order valence-corrected chi connectivity index (χ1v) is 9.49. The summed E-state index contributed by atoms with van der Waals surface area (Å²) < 4.78 is 0. The van der Waals surface area contributed by atoms with E-state index in [0.717, 1.165) is 12.1 Å². The Morgan fingerprint density at radius 3 is 2.54 bits per heavy atom. The zero-order chi connectivity index (χ0) is 18.7. The van der Waals surface area contributed by atoms with Crippen molar-refractivity contribution in [1.29, 1.82) is 0 Å². The van der Waals surface area contributed by atoms with E-state index in [1.165, 1.54) is 11.3 Å². The maximum atomic E-state index is 12.5. The van der Waals surface area contributed by atoms with Gasteiger partial charge in [0.2, 0.25) is 0 Å². The summed E-state index contributed by atoms with van der Waals surface area (Å²) in [6.45, 7) is 6.82. The minimum Gasteiger partial charge on any atom is -0.365 e. The van der Waals surface area contributed by atoms with E-state index in [9.17, 15) is 4.79 Å². The molecule has 0 bridgehead atoms. The van der Waals surface area contributed by atoms with Crippen LogP contribution in [0.3, 0.4) is 0 Å². The number of aryl methyl sites for hydroxylation is 1. The Morgan fingerprint density at radius 2 is 1.88 bits per heavy atom. The number of halogens is 2. The molecule has 1 aliphatic rings. The first kappa shape index (κ1) is 18.9. The van der Waals surface area contributed by atoms with Gasteiger partial charge in [0.15, 0.2) is 0 Å². The molecule has 0 aliphatic carbocycles. The molecule has 138 valence electrons. The van der Waals surface area contributed by atoms with Gasteiger partial charge in [0.25, 0.3) is 0 Å². The van der Waals surface area contributed by atoms with Crippen LogP contribution in [0, 0.1) is 6.92 Å². The second-order valence-electron chi connectivity index (χ2n) is 6.72. The van der Waals surface area contributed by atoms with Crippen LogP contribution in [0.1, 0.15) is 18.1 Å². The van der Waals surface area contributed by atoms with Crippen LogP contribution in [-0.2, 0) is 6.54 Å². The molecule has 1 unspecified atom stereocenters. The van der Waals surface area contributed by atoms with E-state index in [-0.39, 0.29) is 12.1 Å². The van der Waals surface area contributed by atoms with Crippen molar-refractivity contribution in [2.24, 2.45) is 0 Å². The van der Waals surface area contributed by atoms with Gasteiger partial charge in [0.05, 0.1) is 0 Å². The number of carbonyl (C=O) groups excluding carboxylic acids is 1. The first-order valence-electron chi connectivity index (χ1n) is 8.74. The minimum atomic E-state index is -0.0635. The number of benzene rings is 2. The summed E-state index contributed by atoms with van der Waals surface area (Å²) in [7, 11) is 0. The highest BCUT2D eigenvalue weighted by molar-refractivity contribution is 6.35. The monoisotopic (exact) mass is 391 g/mol. The topological polar surface area (TPSA) is 35.6 Å². The zero-order valence-corrected chi connectivity index (χ0v) is 16.5. The Hall–Kier alpha value is -1.91. The second kappa shape index (κ2) is 8.19. The van der Waals surface area contributed by atoms with E-state index in [1.54, 1.807) is 12.1 Å². The number of urea groups is 1. The zero-order valence-electron chi connectivity index (χ0n) is 15.0. The van der Waals surface area contributed by atoms with Crippen molar-refractivity contribution in [3.8, 4) is 0 Å². The van der Waals surface area contributed by atoms with E-state index >= 15 is 0 Å². The summed E-state index contributed by atoms with van der Waals surface area (Å²) >= 11 is 12.1.